The van der Waals surface area contributed by atoms with Gasteiger partial charge >= 0.3 is 0 Å². The number of carbonyl (C=O) groups is 1. The highest BCUT2D eigenvalue weighted by molar-refractivity contribution is 9.11. The minimum atomic E-state index is -0.0412. The number of alkyl halides is 1. The van der Waals surface area contributed by atoms with E-state index in [0.717, 1.165) is 27.1 Å². The Hall–Kier alpha value is -0.0600. The Labute approximate surface area is 114 Å². The third-order valence-electron chi connectivity index (χ3n) is 2.17. The number of hydrogen-bond donors (Lipinski definition) is 1. The quantitative estimate of drug-likeness (QED) is 0.816. The highest BCUT2D eigenvalue weighted by Crippen LogP contribution is 2.27. The number of aryl methyl sites for hydroxylation is 1. The van der Waals surface area contributed by atoms with Crippen LogP contribution in [0.4, 0.5) is 0 Å². The summed E-state index contributed by atoms with van der Waals surface area (Å²) < 4.78 is 1.01. The molecule has 2 nitrogen and oxygen atoms in total. The fourth-order valence-electron chi connectivity index (χ4n) is 1.28. The van der Waals surface area contributed by atoms with Gasteiger partial charge in [-0.1, -0.05) is 13.3 Å². The summed E-state index contributed by atoms with van der Waals surface area (Å²) >= 11 is 10.9. The molecule has 0 aliphatic carbocycles. The fourth-order valence-corrected chi connectivity index (χ4v) is 3.02. The highest BCUT2D eigenvalue weighted by Gasteiger charge is 2.12. The zero-order valence-electron chi connectivity index (χ0n) is 9.35. The van der Waals surface area contributed by atoms with E-state index >= 15 is 0 Å². The number of hydrogen-bond acceptors (Lipinski definition) is 2. The lowest BCUT2D eigenvalue weighted by molar-refractivity contribution is 0.0957. The van der Waals surface area contributed by atoms with E-state index in [2.05, 4.69) is 28.2 Å². The summed E-state index contributed by atoms with van der Waals surface area (Å²) in [6.07, 6.45) is 1.96. The summed E-state index contributed by atoms with van der Waals surface area (Å²) in [5.74, 6) is -0.0412. The molecule has 0 aromatic carbocycles. The Balaban J connectivity index is 2.46. The summed E-state index contributed by atoms with van der Waals surface area (Å²) in [5.41, 5.74) is 1.09. The van der Waals surface area contributed by atoms with Crippen LogP contribution in [-0.4, -0.2) is 17.8 Å². The van der Waals surface area contributed by atoms with Gasteiger partial charge in [0.2, 0.25) is 0 Å². The van der Waals surface area contributed by atoms with Gasteiger partial charge in [0, 0.05) is 6.54 Å². The molecule has 0 spiro atoms. The maximum Gasteiger partial charge on any atom is 0.261 e. The molecule has 0 aliphatic heterocycles. The molecule has 1 heterocycles. The average molecular weight is 325 g/mol. The SMILES string of the molecule is CCCC(Cl)CNC(=O)c1cc(C)c(Br)s1. The molecule has 0 bridgehead atoms. The Morgan fingerprint density at radius 3 is 2.88 bits per heavy atom. The maximum atomic E-state index is 11.7. The van der Waals surface area contributed by atoms with E-state index in [1.165, 1.54) is 11.3 Å². The molecule has 16 heavy (non-hydrogen) atoms. The molecule has 1 N–H and O–H groups in total. The monoisotopic (exact) mass is 323 g/mol. The van der Waals surface area contributed by atoms with Gasteiger partial charge < -0.3 is 5.32 Å². The first-order valence-electron chi connectivity index (χ1n) is 5.22. The largest absolute Gasteiger partial charge is 0.350 e. The molecular formula is C11H15BrClNOS. The van der Waals surface area contributed by atoms with Crippen molar-refractivity contribution in [3.8, 4) is 0 Å². The van der Waals surface area contributed by atoms with Crippen molar-refractivity contribution in [2.75, 3.05) is 6.54 Å². The Kier molecular flexibility index (Phi) is 5.79. The molecule has 0 fully saturated rings. The van der Waals surface area contributed by atoms with Crippen LogP contribution in [0.5, 0.6) is 0 Å². The molecule has 1 amide bonds. The molecule has 0 saturated carbocycles. The first-order chi connectivity index (χ1) is 7.54. The molecule has 0 saturated heterocycles. The molecule has 1 aromatic heterocycles. The summed E-state index contributed by atoms with van der Waals surface area (Å²) in [6.45, 7) is 4.58. The van der Waals surface area contributed by atoms with Gasteiger partial charge in [-0.3, -0.25) is 4.79 Å². The minimum absolute atomic E-state index is 0.0263. The lowest BCUT2D eigenvalue weighted by atomic mass is 10.2. The van der Waals surface area contributed by atoms with E-state index in [1.807, 2.05) is 13.0 Å². The van der Waals surface area contributed by atoms with Crippen molar-refractivity contribution in [1.29, 1.82) is 0 Å². The van der Waals surface area contributed by atoms with Gasteiger partial charge in [-0.15, -0.1) is 22.9 Å². The number of carbonyl (C=O) groups excluding carboxylic acids is 1. The van der Waals surface area contributed by atoms with Crippen molar-refractivity contribution >= 4 is 44.8 Å². The van der Waals surface area contributed by atoms with Gasteiger partial charge in [0.25, 0.3) is 5.91 Å². The van der Waals surface area contributed by atoms with Crippen LogP contribution in [0, 0.1) is 6.92 Å². The van der Waals surface area contributed by atoms with Crippen LogP contribution in [0.3, 0.4) is 0 Å². The molecule has 1 unspecified atom stereocenters. The van der Waals surface area contributed by atoms with Crippen LogP contribution in [-0.2, 0) is 0 Å². The van der Waals surface area contributed by atoms with Crippen molar-refractivity contribution in [3.63, 3.8) is 0 Å². The molecule has 0 radical (unpaired) electrons. The molecule has 1 atom stereocenters. The summed E-state index contributed by atoms with van der Waals surface area (Å²) in [6, 6.07) is 1.88. The van der Waals surface area contributed by atoms with Crippen molar-refractivity contribution in [3.05, 3.63) is 20.3 Å². The van der Waals surface area contributed by atoms with Gasteiger partial charge in [0.1, 0.15) is 0 Å². The van der Waals surface area contributed by atoms with Gasteiger partial charge in [0.05, 0.1) is 14.0 Å². The third-order valence-corrected chi connectivity index (χ3v) is 4.67. The maximum absolute atomic E-state index is 11.7. The van der Waals surface area contributed by atoms with Crippen molar-refractivity contribution in [2.45, 2.75) is 32.1 Å². The summed E-state index contributed by atoms with van der Waals surface area (Å²) in [4.78, 5) is 12.5. The molecule has 0 aliphatic rings. The second kappa shape index (κ2) is 6.62. The second-order valence-electron chi connectivity index (χ2n) is 3.66. The van der Waals surface area contributed by atoms with Crippen LogP contribution in [0.1, 0.15) is 35.0 Å². The van der Waals surface area contributed by atoms with Crippen molar-refractivity contribution in [2.24, 2.45) is 0 Å². The fraction of sp³-hybridized carbons (Fsp3) is 0.545. The normalized spacial score (nSPS) is 12.5. The molecule has 1 rings (SSSR count). The first kappa shape index (κ1) is 14.0. The zero-order valence-corrected chi connectivity index (χ0v) is 12.5. The van der Waals surface area contributed by atoms with E-state index in [1.54, 1.807) is 0 Å². The summed E-state index contributed by atoms with van der Waals surface area (Å²) in [7, 11) is 0. The van der Waals surface area contributed by atoms with E-state index in [4.69, 9.17) is 11.6 Å². The highest BCUT2D eigenvalue weighted by atomic mass is 79.9. The first-order valence-corrected chi connectivity index (χ1v) is 7.27. The molecular weight excluding hydrogens is 310 g/mol. The minimum Gasteiger partial charge on any atom is -0.350 e. The predicted octanol–water partition coefficient (Wildman–Crippen LogP) is 3.96. The van der Waals surface area contributed by atoms with E-state index in [9.17, 15) is 4.79 Å². The Morgan fingerprint density at radius 1 is 1.69 bits per heavy atom. The number of thiophene rings is 1. The lowest BCUT2D eigenvalue weighted by Gasteiger charge is -2.08. The summed E-state index contributed by atoms with van der Waals surface area (Å²) in [5, 5.41) is 2.87. The van der Waals surface area contributed by atoms with Gasteiger partial charge in [-0.25, -0.2) is 0 Å². The third kappa shape index (κ3) is 4.07. The predicted molar refractivity (Wildman–Crippen MR) is 73.6 cm³/mol. The number of rotatable bonds is 5. The van der Waals surface area contributed by atoms with E-state index in [-0.39, 0.29) is 11.3 Å². The van der Waals surface area contributed by atoms with Crippen molar-refractivity contribution < 1.29 is 4.79 Å². The van der Waals surface area contributed by atoms with Crippen molar-refractivity contribution in [1.82, 2.24) is 5.32 Å². The van der Waals surface area contributed by atoms with Gasteiger partial charge in [-0.2, -0.15) is 0 Å². The molecule has 1 aromatic rings. The topological polar surface area (TPSA) is 29.1 Å². The van der Waals surface area contributed by atoms with Crippen LogP contribution in [0.2, 0.25) is 0 Å². The number of halogens is 2. The van der Waals surface area contributed by atoms with Crippen LogP contribution in [0.15, 0.2) is 9.85 Å². The molecule has 5 heteroatoms. The van der Waals surface area contributed by atoms with Crippen LogP contribution >= 0.6 is 38.9 Å². The Bertz CT molecular complexity index is 347. The molecule has 90 valence electrons. The second-order valence-corrected chi connectivity index (χ2v) is 6.65. The number of nitrogens with one attached hydrogen (secondary N) is 1. The van der Waals surface area contributed by atoms with E-state index in [0.29, 0.717) is 6.54 Å². The zero-order chi connectivity index (χ0) is 12.1. The van der Waals surface area contributed by atoms with Crippen LogP contribution in [0.25, 0.3) is 0 Å². The van der Waals surface area contributed by atoms with Gasteiger partial charge in [0.15, 0.2) is 0 Å². The van der Waals surface area contributed by atoms with Crippen LogP contribution < -0.4 is 5.32 Å². The number of amides is 1. The van der Waals surface area contributed by atoms with E-state index < -0.39 is 0 Å². The standard InChI is InChI=1S/C11H15BrClNOS/c1-3-4-8(13)6-14-11(15)9-5-7(2)10(12)16-9/h5,8H,3-4,6H2,1-2H3,(H,14,15). The average Bonchev–Trinajstić information content (AvgIpc) is 2.56. The Morgan fingerprint density at radius 2 is 2.38 bits per heavy atom. The van der Waals surface area contributed by atoms with Gasteiger partial charge in [-0.05, 0) is 40.9 Å². The lowest BCUT2D eigenvalue weighted by Crippen LogP contribution is -2.29. The smallest absolute Gasteiger partial charge is 0.261 e.